The number of nitriles is 2. The van der Waals surface area contributed by atoms with Gasteiger partial charge in [0.15, 0.2) is 17.4 Å². The fourth-order valence-electron chi connectivity index (χ4n) is 1.11. The number of ether oxygens (including phenoxy) is 1. The Labute approximate surface area is 90.8 Å². The largest absolute Gasteiger partial charge is 0.491 e. The molecule has 0 fully saturated rings. The van der Waals surface area contributed by atoms with Gasteiger partial charge >= 0.3 is 0 Å². The van der Waals surface area contributed by atoms with Gasteiger partial charge in [-0.25, -0.2) is 8.78 Å². The molecule has 0 bridgehead atoms. The van der Waals surface area contributed by atoms with E-state index >= 15 is 0 Å². The zero-order chi connectivity index (χ0) is 12.1. The first-order valence-electron chi connectivity index (χ1n) is 4.17. The Morgan fingerprint density at radius 3 is 2.12 bits per heavy atom. The second-order valence-electron chi connectivity index (χ2n) is 2.80. The van der Waals surface area contributed by atoms with Crippen LogP contribution in [0.2, 0.25) is 0 Å². The van der Waals surface area contributed by atoms with Crippen molar-refractivity contribution in [3.63, 3.8) is 0 Å². The lowest BCUT2D eigenvalue weighted by atomic mass is 10.1. The van der Waals surface area contributed by atoms with Crippen molar-refractivity contribution in [2.45, 2.75) is 0 Å². The van der Waals surface area contributed by atoms with Crippen LogP contribution in [0.1, 0.15) is 5.56 Å². The predicted molar refractivity (Wildman–Crippen MR) is 52.1 cm³/mol. The van der Waals surface area contributed by atoms with Crippen molar-refractivity contribution in [2.24, 2.45) is 0 Å². The third kappa shape index (κ3) is 2.34. The molecule has 0 spiro atoms. The van der Waals surface area contributed by atoms with Gasteiger partial charge in [0.25, 0.3) is 0 Å². The molecule has 5 heteroatoms. The molecule has 3 nitrogen and oxygen atoms in total. The first-order valence-corrected chi connectivity index (χ1v) is 4.17. The molecular formula is C11H6F2N2O. The number of methoxy groups -OCH3 is 1. The molecule has 0 aliphatic carbocycles. The molecule has 16 heavy (non-hydrogen) atoms. The summed E-state index contributed by atoms with van der Waals surface area (Å²) in [6.07, 6.45) is 1.09. The summed E-state index contributed by atoms with van der Waals surface area (Å²) in [5.74, 6) is -2.26. The molecule has 0 atom stereocenters. The summed E-state index contributed by atoms with van der Waals surface area (Å²) in [5, 5.41) is 16.9. The fraction of sp³-hybridized carbons (Fsp3) is 0.0909. The average Bonchev–Trinajstić information content (AvgIpc) is 2.25. The van der Waals surface area contributed by atoms with E-state index in [2.05, 4.69) is 4.74 Å². The van der Waals surface area contributed by atoms with E-state index in [0.29, 0.717) is 0 Å². The zero-order valence-corrected chi connectivity index (χ0v) is 8.29. The molecule has 1 aromatic rings. The maximum atomic E-state index is 13.2. The van der Waals surface area contributed by atoms with E-state index < -0.39 is 17.4 Å². The van der Waals surface area contributed by atoms with Crippen LogP contribution in [0.3, 0.4) is 0 Å². The quantitative estimate of drug-likeness (QED) is 0.719. The van der Waals surface area contributed by atoms with E-state index in [4.69, 9.17) is 10.5 Å². The van der Waals surface area contributed by atoms with Crippen LogP contribution >= 0.6 is 0 Å². The lowest BCUT2D eigenvalue weighted by molar-refractivity contribution is 0.360. The van der Waals surface area contributed by atoms with Gasteiger partial charge in [-0.2, -0.15) is 10.5 Å². The molecule has 0 aliphatic rings. The highest BCUT2D eigenvalue weighted by molar-refractivity contribution is 5.62. The Kier molecular flexibility index (Phi) is 3.58. The van der Waals surface area contributed by atoms with Gasteiger partial charge in [0, 0.05) is 0 Å². The molecule has 1 rings (SSSR count). The summed E-state index contributed by atoms with van der Waals surface area (Å²) < 4.78 is 30.9. The summed E-state index contributed by atoms with van der Waals surface area (Å²) in [6.45, 7) is 0. The van der Waals surface area contributed by atoms with Crippen LogP contribution in [0.25, 0.3) is 6.08 Å². The minimum absolute atomic E-state index is 0.0916. The number of allylic oxidation sites excluding steroid dienone is 1. The van der Waals surface area contributed by atoms with Crippen LogP contribution in [0.5, 0.6) is 5.75 Å². The maximum Gasteiger partial charge on any atom is 0.190 e. The SMILES string of the molecule is COc1c(F)cc(C=C(C#N)C#N)cc1F. The van der Waals surface area contributed by atoms with Crippen molar-refractivity contribution < 1.29 is 13.5 Å². The van der Waals surface area contributed by atoms with Crippen LogP contribution in [0.4, 0.5) is 8.78 Å². The molecule has 0 N–H and O–H groups in total. The van der Waals surface area contributed by atoms with Gasteiger partial charge < -0.3 is 4.74 Å². The molecule has 0 heterocycles. The van der Waals surface area contributed by atoms with Crippen molar-refractivity contribution in [2.75, 3.05) is 7.11 Å². The lowest BCUT2D eigenvalue weighted by Crippen LogP contribution is -1.93. The van der Waals surface area contributed by atoms with Crippen molar-refractivity contribution in [1.82, 2.24) is 0 Å². The Balaban J connectivity index is 3.27. The Bertz CT molecular complexity index is 485. The zero-order valence-electron chi connectivity index (χ0n) is 8.29. The van der Waals surface area contributed by atoms with Gasteiger partial charge in [-0.05, 0) is 23.8 Å². The molecule has 0 saturated heterocycles. The van der Waals surface area contributed by atoms with Crippen molar-refractivity contribution >= 4 is 6.08 Å². The van der Waals surface area contributed by atoms with Gasteiger partial charge in [0.1, 0.15) is 17.7 Å². The van der Waals surface area contributed by atoms with Crippen LogP contribution in [0, 0.1) is 34.3 Å². The smallest absolute Gasteiger partial charge is 0.190 e. The highest BCUT2D eigenvalue weighted by Crippen LogP contribution is 2.23. The van der Waals surface area contributed by atoms with E-state index in [1.807, 2.05) is 0 Å². The van der Waals surface area contributed by atoms with Gasteiger partial charge in [0.05, 0.1) is 7.11 Å². The number of hydrogen-bond acceptors (Lipinski definition) is 3. The summed E-state index contributed by atoms with van der Waals surface area (Å²) in [5.41, 5.74) is -0.141. The Morgan fingerprint density at radius 1 is 1.25 bits per heavy atom. The van der Waals surface area contributed by atoms with Crippen LogP contribution in [0.15, 0.2) is 17.7 Å². The van der Waals surface area contributed by atoms with Crippen LogP contribution in [-0.2, 0) is 0 Å². The van der Waals surface area contributed by atoms with Gasteiger partial charge in [-0.15, -0.1) is 0 Å². The molecule has 1 aromatic carbocycles. The summed E-state index contributed by atoms with van der Waals surface area (Å²) in [4.78, 5) is 0. The van der Waals surface area contributed by atoms with Gasteiger partial charge in [-0.1, -0.05) is 0 Å². The van der Waals surface area contributed by atoms with E-state index in [-0.39, 0.29) is 11.1 Å². The topological polar surface area (TPSA) is 56.8 Å². The summed E-state index contributed by atoms with van der Waals surface area (Å²) in [7, 11) is 1.15. The number of hydrogen-bond donors (Lipinski definition) is 0. The average molecular weight is 220 g/mol. The third-order valence-corrected chi connectivity index (χ3v) is 1.78. The second-order valence-corrected chi connectivity index (χ2v) is 2.80. The van der Waals surface area contributed by atoms with Gasteiger partial charge in [-0.3, -0.25) is 0 Å². The molecule has 0 unspecified atom stereocenters. The molecule has 0 saturated carbocycles. The molecule has 0 radical (unpaired) electrons. The predicted octanol–water partition coefficient (Wildman–Crippen LogP) is 2.40. The molecule has 0 amide bonds. The maximum absolute atomic E-state index is 13.2. The van der Waals surface area contributed by atoms with Crippen LogP contribution in [-0.4, -0.2) is 7.11 Å². The first-order chi connectivity index (χ1) is 7.62. The van der Waals surface area contributed by atoms with E-state index in [9.17, 15) is 8.78 Å². The van der Waals surface area contributed by atoms with Crippen molar-refractivity contribution in [1.29, 1.82) is 10.5 Å². The highest BCUT2D eigenvalue weighted by Gasteiger charge is 2.10. The van der Waals surface area contributed by atoms with Crippen molar-refractivity contribution in [3.05, 3.63) is 34.9 Å². The summed E-state index contributed by atoms with van der Waals surface area (Å²) >= 11 is 0. The standard InChI is InChI=1S/C11H6F2N2O/c1-16-11-9(12)3-7(4-10(11)13)2-8(5-14)6-15/h2-4H,1H3. The minimum atomic E-state index is -0.885. The molecule has 0 aliphatic heterocycles. The Morgan fingerprint density at radius 2 is 1.75 bits per heavy atom. The number of halogens is 2. The number of nitrogens with zero attached hydrogens (tertiary/aromatic N) is 2. The monoisotopic (exact) mass is 220 g/mol. The molecule has 80 valence electrons. The molecular weight excluding hydrogens is 214 g/mol. The van der Waals surface area contributed by atoms with Gasteiger partial charge in [0.2, 0.25) is 0 Å². The molecule has 0 aromatic heterocycles. The number of rotatable bonds is 2. The summed E-state index contributed by atoms with van der Waals surface area (Å²) in [6, 6.07) is 5.15. The van der Waals surface area contributed by atoms with E-state index in [0.717, 1.165) is 25.3 Å². The lowest BCUT2D eigenvalue weighted by Gasteiger charge is -2.04. The second kappa shape index (κ2) is 4.90. The van der Waals surface area contributed by atoms with E-state index in [1.165, 1.54) is 0 Å². The normalized spacial score (nSPS) is 8.81. The minimum Gasteiger partial charge on any atom is -0.491 e. The highest BCUT2D eigenvalue weighted by atomic mass is 19.1. The van der Waals surface area contributed by atoms with Crippen molar-refractivity contribution in [3.8, 4) is 17.9 Å². The number of benzene rings is 1. The fourth-order valence-corrected chi connectivity index (χ4v) is 1.11. The first kappa shape index (κ1) is 11.7. The van der Waals surface area contributed by atoms with E-state index in [1.54, 1.807) is 12.1 Å². The third-order valence-electron chi connectivity index (χ3n) is 1.78. The van der Waals surface area contributed by atoms with Crippen LogP contribution < -0.4 is 4.74 Å². The Hall–Kier alpha value is -2.40.